The van der Waals surface area contributed by atoms with Crippen molar-refractivity contribution in [2.45, 2.75) is 5.92 Å². The smallest absolute Gasteiger partial charge is 0.321 e. The molecule has 140 valence electrons. The van der Waals surface area contributed by atoms with Crippen LogP contribution in [0.1, 0.15) is 17.0 Å². The fourth-order valence-corrected chi connectivity index (χ4v) is 3.30. The molecule has 1 atom stereocenters. The highest BCUT2D eigenvalue weighted by Crippen LogP contribution is 2.40. The molecule has 3 rings (SSSR count). The molecule has 0 aliphatic carbocycles. The molecule has 0 unspecified atom stereocenters. The Morgan fingerprint density at radius 2 is 1.67 bits per heavy atom. The molecule has 0 spiro atoms. The molecular formula is C20H20N2O5. The second-order valence-electron chi connectivity index (χ2n) is 5.89. The normalized spacial score (nSPS) is 12.0. The van der Waals surface area contributed by atoms with Gasteiger partial charge in [-0.25, -0.2) is 4.98 Å². The zero-order valence-electron chi connectivity index (χ0n) is 15.3. The van der Waals surface area contributed by atoms with E-state index in [2.05, 4.69) is 9.97 Å². The number of methoxy groups -OCH3 is 3. The number of ether oxygens (including phenoxy) is 3. The number of carbonyl (C=O) groups excluding carboxylic acids is 2. The van der Waals surface area contributed by atoms with E-state index in [9.17, 15) is 9.59 Å². The maximum absolute atomic E-state index is 12.5. The number of benzene rings is 1. The molecule has 0 saturated carbocycles. The molecular weight excluding hydrogens is 348 g/mol. The highest BCUT2D eigenvalue weighted by molar-refractivity contribution is 5.98. The summed E-state index contributed by atoms with van der Waals surface area (Å²) in [5.41, 5.74) is 2.06. The maximum atomic E-state index is 12.5. The monoisotopic (exact) mass is 368 g/mol. The van der Waals surface area contributed by atoms with Gasteiger partial charge in [0.1, 0.15) is 11.4 Å². The van der Waals surface area contributed by atoms with Gasteiger partial charge in [0.05, 0.1) is 26.7 Å². The first-order valence-corrected chi connectivity index (χ1v) is 8.33. The van der Waals surface area contributed by atoms with Gasteiger partial charge in [0, 0.05) is 18.3 Å². The topological polar surface area (TPSA) is 90.5 Å². The summed E-state index contributed by atoms with van der Waals surface area (Å²) in [6.45, 7) is 0. The van der Waals surface area contributed by atoms with Gasteiger partial charge in [0.25, 0.3) is 0 Å². The lowest BCUT2D eigenvalue weighted by molar-refractivity contribution is -0.159. The number of pyridine rings is 1. The van der Waals surface area contributed by atoms with E-state index in [1.165, 1.54) is 14.2 Å². The second kappa shape index (κ2) is 7.90. The number of aromatic amines is 1. The molecule has 1 N–H and O–H groups in total. The summed E-state index contributed by atoms with van der Waals surface area (Å²) >= 11 is 0. The van der Waals surface area contributed by atoms with Crippen LogP contribution in [0.3, 0.4) is 0 Å². The zero-order chi connectivity index (χ0) is 19.4. The van der Waals surface area contributed by atoms with Crippen molar-refractivity contribution in [1.29, 1.82) is 0 Å². The molecule has 27 heavy (non-hydrogen) atoms. The molecule has 7 heteroatoms. The van der Waals surface area contributed by atoms with Crippen molar-refractivity contribution in [3.05, 3.63) is 59.9 Å². The summed E-state index contributed by atoms with van der Waals surface area (Å²) < 4.78 is 15.3. The minimum Gasteiger partial charge on any atom is -0.496 e. The van der Waals surface area contributed by atoms with Crippen molar-refractivity contribution >= 4 is 23.0 Å². The quantitative estimate of drug-likeness (QED) is 0.531. The van der Waals surface area contributed by atoms with Crippen molar-refractivity contribution < 1.29 is 23.8 Å². The van der Waals surface area contributed by atoms with Gasteiger partial charge in [0.2, 0.25) is 0 Å². The number of hydrogen-bond donors (Lipinski definition) is 1. The number of rotatable bonds is 6. The van der Waals surface area contributed by atoms with E-state index in [1.54, 1.807) is 25.6 Å². The van der Waals surface area contributed by atoms with Crippen LogP contribution >= 0.6 is 0 Å². The molecule has 0 aliphatic heterocycles. The van der Waals surface area contributed by atoms with Gasteiger partial charge in [-0.05, 0) is 17.2 Å². The molecule has 2 heterocycles. The second-order valence-corrected chi connectivity index (χ2v) is 5.89. The van der Waals surface area contributed by atoms with Crippen molar-refractivity contribution in [1.82, 2.24) is 9.97 Å². The molecule has 7 nitrogen and oxygen atoms in total. The number of fused-ring (bicyclic) bond motifs is 1. The third kappa shape index (κ3) is 3.36. The number of hydrogen-bond acceptors (Lipinski definition) is 6. The molecule has 3 aromatic rings. The summed E-state index contributed by atoms with van der Waals surface area (Å²) in [4.78, 5) is 32.5. The van der Waals surface area contributed by atoms with Crippen molar-refractivity contribution in [3.63, 3.8) is 0 Å². The van der Waals surface area contributed by atoms with Gasteiger partial charge in [-0.15, -0.1) is 0 Å². The SMILES string of the molecule is COC(=O)C(C(=O)OC)[C@H](c1ccccc1)c1c[nH]c2nccc(OC)c12. The molecule has 0 radical (unpaired) electrons. The summed E-state index contributed by atoms with van der Waals surface area (Å²) in [5, 5.41) is 0.701. The number of carbonyl (C=O) groups is 2. The van der Waals surface area contributed by atoms with Crippen LogP contribution in [0.15, 0.2) is 48.8 Å². The number of aromatic nitrogens is 2. The van der Waals surface area contributed by atoms with Crippen LogP contribution in [0, 0.1) is 5.92 Å². The fourth-order valence-electron chi connectivity index (χ4n) is 3.30. The Labute approximate surface area is 156 Å². The number of nitrogens with zero attached hydrogens (tertiary/aromatic N) is 1. The van der Waals surface area contributed by atoms with E-state index in [0.717, 1.165) is 5.56 Å². The average Bonchev–Trinajstić information content (AvgIpc) is 3.15. The first-order chi connectivity index (χ1) is 13.1. The van der Waals surface area contributed by atoms with Crippen LogP contribution in [-0.4, -0.2) is 43.2 Å². The van der Waals surface area contributed by atoms with E-state index in [-0.39, 0.29) is 0 Å². The van der Waals surface area contributed by atoms with Crippen molar-refractivity contribution in [2.24, 2.45) is 5.92 Å². The van der Waals surface area contributed by atoms with Gasteiger partial charge in [0.15, 0.2) is 5.92 Å². The lowest BCUT2D eigenvalue weighted by atomic mass is 9.80. The van der Waals surface area contributed by atoms with E-state index in [0.29, 0.717) is 22.3 Å². The summed E-state index contributed by atoms with van der Waals surface area (Å²) in [5.74, 6) is -2.57. The molecule has 1 aromatic carbocycles. The van der Waals surface area contributed by atoms with E-state index in [4.69, 9.17) is 14.2 Å². The van der Waals surface area contributed by atoms with Crippen molar-refractivity contribution in [2.75, 3.05) is 21.3 Å². The maximum Gasteiger partial charge on any atom is 0.321 e. The number of H-pyrrole nitrogens is 1. The van der Waals surface area contributed by atoms with E-state index in [1.807, 2.05) is 30.3 Å². The molecule has 0 bridgehead atoms. The third-order valence-corrected chi connectivity index (χ3v) is 4.52. The highest BCUT2D eigenvalue weighted by Gasteiger charge is 2.40. The van der Waals surface area contributed by atoms with Crippen LogP contribution in [0.4, 0.5) is 0 Å². The first kappa shape index (κ1) is 18.4. The predicted octanol–water partition coefficient (Wildman–Crippen LogP) is 2.67. The van der Waals surface area contributed by atoms with Gasteiger partial charge in [-0.2, -0.15) is 0 Å². The Morgan fingerprint density at radius 1 is 1.00 bits per heavy atom. The molecule has 0 fully saturated rings. The molecule has 0 aliphatic rings. The third-order valence-electron chi connectivity index (χ3n) is 4.52. The summed E-state index contributed by atoms with van der Waals surface area (Å²) in [6, 6.07) is 11.0. The standard InChI is InChI=1S/C20H20N2O5/c1-25-14-9-10-21-18-16(14)13(11-22-18)15(12-7-5-4-6-8-12)17(19(23)26-2)20(24)27-3/h4-11,15,17H,1-3H3,(H,21,22)/t15-/m1/s1. The molecule has 0 saturated heterocycles. The lowest BCUT2D eigenvalue weighted by Crippen LogP contribution is -2.32. The van der Waals surface area contributed by atoms with Gasteiger partial charge in [-0.3, -0.25) is 9.59 Å². The number of nitrogens with one attached hydrogen (secondary N) is 1. The van der Waals surface area contributed by atoms with Crippen molar-refractivity contribution in [3.8, 4) is 5.75 Å². The van der Waals surface area contributed by atoms with Crippen LogP contribution in [-0.2, 0) is 19.1 Å². The van der Waals surface area contributed by atoms with Gasteiger partial charge >= 0.3 is 11.9 Å². The van der Waals surface area contributed by atoms with Crippen LogP contribution < -0.4 is 4.74 Å². The zero-order valence-corrected chi connectivity index (χ0v) is 15.3. The van der Waals surface area contributed by atoms with Crippen LogP contribution in [0.2, 0.25) is 0 Å². The van der Waals surface area contributed by atoms with Crippen LogP contribution in [0.25, 0.3) is 11.0 Å². The lowest BCUT2D eigenvalue weighted by Gasteiger charge is -2.24. The summed E-state index contributed by atoms with van der Waals surface area (Å²) in [7, 11) is 4.05. The molecule has 0 amide bonds. The fraction of sp³-hybridized carbons (Fsp3) is 0.250. The van der Waals surface area contributed by atoms with E-state index >= 15 is 0 Å². The van der Waals surface area contributed by atoms with Crippen LogP contribution in [0.5, 0.6) is 5.75 Å². The number of esters is 2. The largest absolute Gasteiger partial charge is 0.496 e. The van der Waals surface area contributed by atoms with Gasteiger partial charge < -0.3 is 19.2 Å². The summed E-state index contributed by atoms with van der Waals surface area (Å²) in [6.07, 6.45) is 3.35. The minimum atomic E-state index is -1.17. The van der Waals surface area contributed by atoms with Gasteiger partial charge in [-0.1, -0.05) is 30.3 Å². The Balaban J connectivity index is 2.28. The Bertz CT molecular complexity index is 935. The van der Waals surface area contributed by atoms with E-state index < -0.39 is 23.8 Å². The predicted molar refractivity (Wildman–Crippen MR) is 98.5 cm³/mol. The minimum absolute atomic E-state index is 0.589. The first-order valence-electron chi connectivity index (χ1n) is 8.33. The Morgan fingerprint density at radius 3 is 2.26 bits per heavy atom. The Hall–Kier alpha value is -3.35. The molecule has 2 aromatic heterocycles. The average molecular weight is 368 g/mol. The highest BCUT2D eigenvalue weighted by atomic mass is 16.5. The Kier molecular flexibility index (Phi) is 5.40.